The molecule has 0 rings (SSSR count). The number of carbonyl (C=O) groups excluding carboxylic acids is 1. The van der Waals surface area contributed by atoms with Gasteiger partial charge in [0, 0.05) is 6.42 Å². The topological polar surface area (TPSA) is 46.5 Å². The molecule has 3 nitrogen and oxygen atoms in total. The highest BCUT2D eigenvalue weighted by atomic mass is 19.4. The van der Waals surface area contributed by atoms with Gasteiger partial charge in [0.1, 0.15) is 0 Å². The van der Waals surface area contributed by atoms with E-state index < -0.39 is 24.2 Å². The zero-order chi connectivity index (χ0) is 12.8. The van der Waals surface area contributed by atoms with Crippen LogP contribution in [0.4, 0.5) is 13.2 Å². The van der Waals surface area contributed by atoms with Crippen LogP contribution in [0.15, 0.2) is 12.2 Å². The molecule has 16 heavy (non-hydrogen) atoms. The van der Waals surface area contributed by atoms with Crippen LogP contribution in [0.3, 0.4) is 0 Å². The number of halogens is 3. The number of methoxy groups -OCH3 is 1. The van der Waals surface area contributed by atoms with Crippen molar-refractivity contribution < 1.29 is 27.8 Å². The highest BCUT2D eigenvalue weighted by Gasteiger charge is 2.59. The second-order valence-corrected chi connectivity index (χ2v) is 3.31. The van der Waals surface area contributed by atoms with E-state index in [2.05, 4.69) is 4.74 Å². The number of carbonyl (C=O) groups is 1. The summed E-state index contributed by atoms with van der Waals surface area (Å²) in [5, 5.41) is 9.26. The zero-order valence-electron chi connectivity index (χ0n) is 9.17. The normalized spacial score (nSPS) is 16.1. The fourth-order valence-corrected chi connectivity index (χ4v) is 1.02. The first kappa shape index (κ1) is 15.0. The summed E-state index contributed by atoms with van der Waals surface area (Å²) in [5.41, 5.74) is -3.45. The minimum Gasteiger partial charge on any atom is -0.467 e. The highest BCUT2D eigenvalue weighted by Crippen LogP contribution is 2.34. The lowest BCUT2D eigenvalue weighted by Crippen LogP contribution is -2.52. The molecule has 0 radical (unpaired) electrons. The molecule has 0 saturated carbocycles. The van der Waals surface area contributed by atoms with Gasteiger partial charge in [0.05, 0.1) is 7.11 Å². The molecule has 0 aromatic rings. The van der Waals surface area contributed by atoms with Crippen LogP contribution in [-0.4, -0.2) is 30.0 Å². The number of aliphatic hydroxyl groups is 1. The summed E-state index contributed by atoms with van der Waals surface area (Å²) >= 11 is 0. The molecule has 0 aliphatic carbocycles. The molecular weight excluding hydrogens is 225 g/mol. The Morgan fingerprint density at radius 3 is 2.31 bits per heavy atom. The Labute approximate surface area is 91.9 Å². The van der Waals surface area contributed by atoms with Gasteiger partial charge >= 0.3 is 12.1 Å². The van der Waals surface area contributed by atoms with Gasteiger partial charge in [0.15, 0.2) is 0 Å². The van der Waals surface area contributed by atoms with Gasteiger partial charge in [0.25, 0.3) is 5.60 Å². The van der Waals surface area contributed by atoms with Crippen LogP contribution in [0, 0.1) is 0 Å². The summed E-state index contributed by atoms with van der Waals surface area (Å²) in [6.45, 7) is 1.86. The molecular formula is C10H15F3O3. The minimum atomic E-state index is -5.04. The SMILES string of the molecule is CCC/C=C/CC(O)(C(=O)OC)C(F)(F)F. The lowest BCUT2D eigenvalue weighted by Gasteiger charge is -2.26. The first-order valence-corrected chi connectivity index (χ1v) is 4.82. The number of hydrogen-bond acceptors (Lipinski definition) is 3. The van der Waals surface area contributed by atoms with Crippen LogP contribution in [0.25, 0.3) is 0 Å². The first-order valence-electron chi connectivity index (χ1n) is 4.82. The molecule has 0 amide bonds. The predicted octanol–water partition coefficient (Wildman–Crippen LogP) is 2.20. The maximum atomic E-state index is 12.5. The van der Waals surface area contributed by atoms with E-state index in [1.165, 1.54) is 6.08 Å². The smallest absolute Gasteiger partial charge is 0.428 e. The van der Waals surface area contributed by atoms with E-state index in [1.54, 1.807) is 0 Å². The molecule has 0 aliphatic rings. The molecule has 94 valence electrons. The van der Waals surface area contributed by atoms with Crippen LogP contribution in [0.1, 0.15) is 26.2 Å². The predicted molar refractivity (Wildman–Crippen MR) is 51.7 cm³/mol. The summed E-state index contributed by atoms with van der Waals surface area (Å²) < 4.78 is 41.4. The summed E-state index contributed by atoms with van der Waals surface area (Å²) in [5.74, 6) is -1.69. The van der Waals surface area contributed by atoms with Crippen molar-refractivity contribution in [2.24, 2.45) is 0 Å². The van der Waals surface area contributed by atoms with Gasteiger partial charge in [-0.05, 0) is 6.42 Å². The van der Waals surface area contributed by atoms with Crippen LogP contribution in [0.5, 0.6) is 0 Å². The van der Waals surface area contributed by atoms with Crippen molar-refractivity contribution >= 4 is 5.97 Å². The van der Waals surface area contributed by atoms with E-state index in [-0.39, 0.29) is 0 Å². The average molecular weight is 240 g/mol. The standard InChI is InChI=1S/C10H15F3O3/c1-3-4-5-6-7-9(15,8(14)16-2)10(11,12)13/h5-6,15H,3-4,7H2,1-2H3/b6-5+. The monoisotopic (exact) mass is 240 g/mol. The second-order valence-electron chi connectivity index (χ2n) is 3.31. The number of unbranched alkanes of at least 4 members (excludes halogenated alkanes) is 1. The van der Waals surface area contributed by atoms with Crippen LogP contribution < -0.4 is 0 Å². The van der Waals surface area contributed by atoms with Gasteiger partial charge in [-0.15, -0.1) is 0 Å². The first-order chi connectivity index (χ1) is 7.29. The number of rotatable bonds is 5. The minimum absolute atomic E-state index is 0.592. The van der Waals surface area contributed by atoms with E-state index in [0.717, 1.165) is 19.6 Å². The van der Waals surface area contributed by atoms with E-state index >= 15 is 0 Å². The van der Waals surface area contributed by atoms with Crippen molar-refractivity contribution in [3.8, 4) is 0 Å². The molecule has 0 aromatic carbocycles. The number of hydrogen-bond donors (Lipinski definition) is 1. The van der Waals surface area contributed by atoms with Gasteiger partial charge in [-0.2, -0.15) is 13.2 Å². The third-order valence-electron chi connectivity index (χ3n) is 2.03. The lowest BCUT2D eigenvalue weighted by atomic mass is 9.98. The van der Waals surface area contributed by atoms with Gasteiger partial charge in [-0.3, -0.25) is 0 Å². The molecule has 0 fully saturated rings. The van der Waals surface area contributed by atoms with E-state index in [9.17, 15) is 23.1 Å². The van der Waals surface area contributed by atoms with Gasteiger partial charge in [-0.25, -0.2) is 4.79 Å². The molecule has 0 aromatic heterocycles. The summed E-state index contributed by atoms with van der Waals surface area (Å²) in [6.07, 6.45) is -1.89. The Balaban J connectivity index is 4.76. The zero-order valence-corrected chi connectivity index (χ0v) is 9.17. The van der Waals surface area contributed by atoms with Crippen molar-refractivity contribution in [1.29, 1.82) is 0 Å². The van der Waals surface area contributed by atoms with Crippen LogP contribution in [-0.2, 0) is 9.53 Å². The number of alkyl halides is 3. The molecule has 0 bridgehead atoms. The second kappa shape index (κ2) is 5.89. The third kappa shape index (κ3) is 3.52. The Morgan fingerprint density at radius 2 is 1.94 bits per heavy atom. The van der Waals surface area contributed by atoms with E-state index in [1.807, 2.05) is 6.92 Å². The maximum Gasteiger partial charge on any atom is 0.428 e. The quantitative estimate of drug-likeness (QED) is 0.592. The maximum absolute atomic E-state index is 12.5. The van der Waals surface area contributed by atoms with Crippen LogP contribution >= 0.6 is 0 Å². The molecule has 1 atom stereocenters. The summed E-state index contributed by atoms with van der Waals surface area (Å²) in [6, 6.07) is 0. The van der Waals surface area contributed by atoms with E-state index in [0.29, 0.717) is 6.42 Å². The molecule has 6 heteroatoms. The molecule has 0 spiro atoms. The highest BCUT2D eigenvalue weighted by molar-refractivity contribution is 5.80. The molecule has 0 heterocycles. The van der Waals surface area contributed by atoms with Crippen molar-refractivity contribution in [1.82, 2.24) is 0 Å². The molecule has 1 unspecified atom stereocenters. The molecule has 0 aliphatic heterocycles. The van der Waals surface area contributed by atoms with Gasteiger partial charge < -0.3 is 9.84 Å². The average Bonchev–Trinajstić information content (AvgIpc) is 2.21. The largest absolute Gasteiger partial charge is 0.467 e. The van der Waals surface area contributed by atoms with Crippen molar-refractivity contribution in [2.75, 3.05) is 7.11 Å². The fourth-order valence-electron chi connectivity index (χ4n) is 1.02. The Kier molecular flexibility index (Phi) is 5.50. The summed E-state index contributed by atoms with van der Waals surface area (Å²) in [7, 11) is 0.800. The number of ether oxygens (including phenoxy) is 1. The Bertz CT molecular complexity index is 261. The molecule has 0 saturated heterocycles. The lowest BCUT2D eigenvalue weighted by molar-refractivity contribution is -0.260. The van der Waals surface area contributed by atoms with Crippen molar-refractivity contribution in [3.05, 3.63) is 12.2 Å². The van der Waals surface area contributed by atoms with Crippen LogP contribution in [0.2, 0.25) is 0 Å². The van der Waals surface area contributed by atoms with Gasteiger partial charge in [-0.1, -0.05) is 25.5 Å². The van der Waals surface area contributed by atoms with Gasteiger partial charge in [0.2, 0.25) is 0 Å². The number of esters is 1. The Hall–Kier alpha value is -1.04. The van der Waals surface area contributed by atoms with Crippen molar-refractivity contribution in [3.63, 3.8) is 0 Å². The summed E-state index contributed by atoms with van der Waals surface area (Å²) in [4.78, 5) is 10.9. The fraction of sp³-hybridized carbons (Fsp3) is 0.700. The van der Waals surface area contributed by atoms with E-state index in [4.69, 9.17) is 0 Å². The Morgan fingerprint density at radius 1 is 1.38 bits per heavy atom. The molecule has 1 N–H and O–H groups in total. The van der Waals surface area contributed by atoms with Crippen molar-refractivity contribution in [2.45, 2.75) is 38.0 Å². The number of allylic oxidation sites excluding steroid dienone is 1. The third-order valence-corrected chi connectivity index (χ3v) is 2.03.